The standard InChI is InChI=1S/C20H20N6O2/c27-19(16-13-22-25-24-16)26-9-7-20(8-10-26)17-15(6-11-28-20)12-21-18(23-17)14-4-2-1-3-5-14/h1-5,12-13H,6-11H2,(H,22,24,25). The highest BCUT2D eigenvalue weighted by molar-refractivity contribution is 5.91. The fourth-order valence-electron chi connectivity index (χ4n) is 4.05. The zero-order valence-electron chi connectivity index (χ0n) is 15.3. The van der Waals surface area contributed by atoms with Crippen LogP contribution in [-0.4, -0.2) is 55.9 Å². The third-order valence-corrected chi connectivity index (χ3v) is 5.57. The van der Waals surface area contributed by atoms with Gasteiger partial charge in [0.05, 0.1) is 18.5 Å². The number of aromatic amines is 1. The zero-order chi connectivity index (χ0) is 19.0. The Bertz CT molecular complexity index is 981. The summed E-state index contributed by atoms with van der Waals surface area (Å²) >= 11 is 0. The molecule has 1 N–H and O–H groups in total. The van der Waals surface area contributed by atoms with E-state index in [0.29, 0.717) is 44.1 Å². The molecule has 1 fully saturated rings. The number of benzene rings is 1. The largest absolute Gasteiger partial charge is 0.368 e. The molecule has 1 amide bonds. The summed E-state index contributed by atoms with van der Waals surface area (Å²) in [6, 6.07) is 9.97. The number of fused-ring (bicyclic) bond motifs is 2. The smallest absolute Gasteiger partial charge is 0.276 e. The minimum atomic E-state index is -0.458. The second-order valence-corrected chi connectivity index (χ2v) is 7.17. The fraction of sp³-hybridized carbons (Fsp3) is 0.350. The summed E-state index contributed by atoms with van der Waals surface area (Å²) < 4.78 is 6.28. The van der Waals surface area contributed by atoms with Gasteiger partial charge in [-0.25, -0.2) is 9.97 Å². The van der Waals surface area contributed by atoms with Crippen LogP contribution in [0.5, 0.6) is 0 Å². The number of hydrogen-bond acceptors (Lipinski definition) is 6. The van der Waals surface area contributed by atoms with Gasteiger partial charge in [-0.1, -0.05) is 30.3 Å². The number of nitrogens with one attached hydrogen (secondary N) is 1. The van der Waals surface area contributed by atoms with E-state index in [1.165, 1.54) is 6.20 Å². The maximum Gasteiger partial charge on any atom is 0.276 e. The molecule has 0 bridgehead atoms. The summed E-state index contributed by atoms with van der Waals surface area (Å²) in [5.41, 5.74) is 2.99. The molecule has 1 saturated heterocycles. The van der Waals surface area contributed by atoms with Crippen molar-refractivity contribution >= 4 is 5.91 Å². The van der Waals surface area contributed by atoms with Crippen LogP contribution < -0.4 is 0 Å². The molecule has 2 aliphatic rings. The predicted molar refractivity (Wildman–Crippen MR) is 100 cm³/mol. The van der Waals surface area contributed by atoms with E-state index >= 15 is 0 Å². The SMILES string of the molecule is O=C(c1cn[nH]n1)N1CCC2(CC1)OCCc1cnc(-c3ccccc3)nc12. The van der Waals surface area contributed by atoms with Crippen molar-refractivity contribution in [1.29, 1.82) is 0 Å². The third-order valence-electron chi connectivity index (χ3n) is 5.57. The Morgan fingerprint density at radius 1 is 1.14 bits per heavy atom. The third kappa shape index (κ3) is 2.86. The van der Waals surface area contributed by atoms with Crippen molar-refractivity contribution in [2.24, 2.45) is 0 Å². The van der Waals surface area contributed by atoms with Crippen LogP contribution in [0, 0.1) is 0 Å². The molecule has 8 heteroatoms. The van der Waals surface area contributed by atoms with Gasteiger partial charge in [-0.05, 0) is 24.8 Å². The monoisotopic (exact) mass is 376 g/mol. The Balaban J connectivity index is 1.43. The predicted octanol–water partition coefficient (Wildman–Crippen LogP) is 1.97. The first-order valence-corrected chi connectivity index (χ1v) is 9.46. The number of carbonyl (C=O) groups excluding carboxylic acids is 1. The Morgan fingerprint density at radius 2 is 1.96 bits per heavy atom. The lowest BCUT2D eigenvalue weighted by Crippen LogP contribution is -2.49. The van der Waals surface area contributed by atoms with Gasteiger partial charge in [0.15, 0.2) is 11.5 Å². The molecule has 5 rings (SSSR count). The van der Waals surface area contributed by atoms with Gasteiger partial charge in [0.25, 0.3) is 5.91 Å². The normalized spacial score (nSPS) is 18.1. The first-order chi connectivity index (χ1) is 13.8. The second-order valence-electron chi connectivity index (χ2n) is 7.17. The lowest BCUT2D eigenvalue weighted by molar-refractivity contribution is -0.0967. The molecule has 0 atom stereocenters. The van der Waals surface area contributed by atoms with Gasteiger partial charge in [-0.2, -0.15) is 15.4 Å². The van der Waals surface area contributed by atoms with Crippen LogP contribution >= 0.6 is 0 Å². The van der Waals surface area contributed by atoms with Crippen LogP contribution in [0.3, 0.4) is 0 Å². The number of aromatic nitrogens is 5. The molecule has 4 heterocycles. The van der Waals surface area contributed by atoms with Crippen LogP contribution in [0.4, 0.5) is 0 Å². The minimum absolute atomic E-state index is 0.104. The lowest BCUT2D eigenvalue weighted by atomic mass is 9.83. The van der Waals surface area contributed by atoms with Crippen LogP contribution in [0.1, 0.15) is 34.6 Å². The van der Waals surface area contributed by atoms with Gasteiger partial charge in [0, 0.05) is 24.8 Å². The number of carbonyl (C=O) groups is 1. The molecular formula is C20H20N6O2. The van der Waals surface area contributed by atoms with E-state index in [4.69, 9.17) is 9.72 Å². The highest BCUT2D eigenvalue weighted by atomic mass is 16.5. The first kappa shape index (κ1) is 17.0. The maximum absolute atomic E-state index is 12.6. The van der Waals surface area contributed by atoms with Crippen molar-refractivity contribution < 1.29 is 9.53 Å². The summed E-state index contributed by atoms with van der Waals surface area (Å²) in [6.07, 6.45) is 5.61. The zero-order valence-corrected chi connectivity index (χ0v) is 15.3. The summed E-state index contributed by atoms with van der Waals surface area (Å²) in [5, 5.41) is 10.1. The summed E-state index contributed by atoms with van der Waals surface area (Å²) in [4.78, 5) is 23.8. The fourth-order valence-corrected chi connectivity index (χ4v) is 4.05. The van der Waals surface area contributed by atoms with Gasteiger partial charge in [-0.15, -0.1) is 0 Å². The first-order valence-electron chi connectivity index (χ1n) is 9.46. The van der Waals surface area contributed by atoms with Crippen molar-refractivity contribution in [3.63, 3.8) is 0 Å². The summed E-state index contributed by atoms with van der Waals surface area (Å²) in [6.45, 7) is 1.84. The molecule has 2 aromatic heterocycles. The highest BCUT2D eigenvalue weighted by Crippen LogP contribution is 2.41. The molecule has 1 aromatic carbocycles. The lowest BCUT2D eigenvalue weighted by Gasteiger charge is -2.43. The molecule has 28 heavy (non-hydrogen) atoms. The topological polar surface area (TPSA) is 96.9 Å². The van der Waals surface area contributed by atoms with E-state index in [0.717, 1.165) is 23.2 Å². The van der Waals surface area contributed by atoms with E-state index in [1.54, 1.807) is 4.90 Å². The molecule has 0 saturated carbocycles. The van der Waals surface area contributed by atoms with E-state index in [1.807, 2.05) is 36.5 Å². The number of likely N-dealkylation sites (tertiary alicyclic amines) is 1. The Kier molecular flexibility index (Phi) is 4.12. The minimum Gasteiger partial charge on any atom is -0.368 e. The van der Waals surface area contributed by atoms with E-state index in [9.17, 15) is 4.79 Å². The number of nitrogens with zero attached hydrogens (tertiary/aromatic N) is 5. The van der Waals surface area contributed by atoms with Crippen LogP contribution in [-0.2, 0) is 16.8 Å². The van der Waals surface area contributed by atoms with Crippen LogP contribution in [0.2, 0.25) is 0 Å². The van der Waals surface area contributed by atoms with Gasteiger partial charge < -0.3 is 9.64 Å². The highest BCUT2D eigenvalue weighted by Gasteiger charge is 2.43. The number of hydrogen-bond donors (Lipinski definition) is 1. The van der Waals surface area contributed by atoms with Crippen molar-refractivity contribution in [3.8, 4) is 11.4 Å². The van der Waals surface area contributed by atoms with Crippen molar-refractivity contribution in [3.05, 3.63) is 59.7 Å². The van der Waals surface area contributed by atoms with E-state index in [-0.39, 0.29) is 5.91 Å². The van der Waals surface area contributed by atoms with Crippen molar-refractivity contribution in [2.75, 3.05) is 19.7 Å². The van der Waals surface area contributed by atoms with Gasteiger partial charge in [0.1, 0.15) is 5.60 Å². The average molecular weight is 376 g/mol. The van der Waals surface area contributed by atoms with Gasteiger partial charge in [-0.3, -0.25) is 4.79 Å². The molecule has 8 nitrogen and oxygen atoms in total. The van der Waals surface area contributed by atoms with Crippen LogP contribution in [0.15, 0.2) is 42.7 Å². The molecular weight excluding hydrogens is 356 g/mol. The number of H-pyrrole nitrogens is 1. The molecule has 0 aliphatic carbocycles. The molecule has 0 unspecified atom stereocenters. The Morgan fingerprint density at radius 3 is 2.71 bits per heavy atom. The van der Waals surface area contributed by atoms with E-state index < -0.39 is 5.60 Å². The molecule has 142 valence electrons. The summed E-state index contributed by atoms with van der Waals surface area (Å²) in [7, 11) is 0. The molecule has 3 aromatic rings. The van der Waals surface area contributed by atoms with Crippen molar-refractivity contribution in [1.82, 2.24) is 30.3 Å². The quantitative estimate of drug-likeness (QED) is 0.734. The number of ether oxygens (including phenoxy) is 1. The van der Waals surface area contributed by atoms with E-state index in [2.05, 4.69) is 20.4 Å². The average Bonchev–Trinajstić information content (AvgIpc) is 3.30. The Hall–Kier alpha value is -3.13. The van der Waals surface area contributed by atoms with Crippen LogP contribution in [0.25, 0.3) is 11.4 Å². The number of amides is 1. The molecule has 2 aliphatic heterocycles. The molecule has 1 spiro atoms. The number of rotatable bonds is 2. The van der Waals surface area contributed by atoms with Gasteiger partial charge in [0.2, 0.25) is 0 Å². The van der Waals surface area contributed by atoms with Gasteiger partial charge >= 0.3 is 0 Å². The second kappa shape index (κ2) is 6.79. The number of piperidine rings is 1. The maximum atomic E-state index is 12.6. The van der Waals surface area contributed by atoms with Crippen molar-refractivity contribution in [2.45, 2.75) is 24.9 Å². The summed E-state index contributed by atoms with van der Waals surface area (Å²) in [5.74, 6) is 0.609. The Labute approximate surface area is 162 Å². The molecule has 0 radical (unpaired) electrons.